The Balaban J connectivity index is 1.56. The molecule has 1 amide bonds. The molecule has 0 bridgehead atoms. The van der Waals surface area contributed by atoms with Crippen LogP contribution >= 0.6 is 0 Å². The highest BCUT2D eigenvalue weighted by Gasteiger charge is 2.33. The molecule has 0 radical (unpaired) electrons. The largest absolute Gasteiger partial charge is 0.497 e. The number of nitrogens with one attached hydrogen (secondary N) is 1. The summed E-state index contributed by atoms with van der Waals surface area (Å²) < 4.78 is 36.6. The lowest BCUT2D eigenvalue weighted by atomic mass is 10.0. The van der Waals surface area contributed by atoms with E-state index in [1.54, 1.807) is 17.9 Å². The van der Waals surface area contributed by atoms with E-state index in [2.05, 4.69) is 29.2 Å². The number of rotatable bonds is 7. The van der Waals surface area contributed by atoms with Crippen molar-refractivity contribution in [1.29, 1.82) is 0 Å². The van der Waals surface area contributed by atoms with E-state index in [4.69, 9.17) is 9.47 Å². The second kappa shape index (κ2) is 9.44. The maximum Gasteiger partial charge on any atom is 0.271 e. The normalized spacial score (nSPS) is 21.1. The van der Waals surface area contributed by atoms with Crippen molar-refractivity contribution in [2.24, 2.45) is 0 Å². The molecule has 1 N–H and O–H groups in total. The van der Waals surface area contributed by atoms with Crippen molar-refractivity contribution in [1.82, 2.24) is 20.0 Å². The molecule has 1 atom stereocenters. The van der Waals surface area contributed by atoms with Crippen molar-refractivity contribution in [2.75, 3.05) is 51.5 Å². The highest BCUT2D eigenvalue weighted by molar-refractivity contribution is 7.91. The molecule has 2 saturated heterocycles. The predicted octanol–water partition coefficient (Wildman–Crippen LogP) is 1.76. The number of hydrogen-bond donors (Lipinski definition) is 1. The Hall–Kier alpha value is -2.43. The molecule has 33 heavy (non-hydrogen) atoms. The molecule has 2 aliphatic rings. The molecular weight excluding hydrogens is 444 g/mol. The minimum atomic E-state index is -3.10. The quantitative estimate of drug-likeness (QED) is 0.650. The number of carbonyl (C=O) groups is 1. The van der Waals surface area contributed by atoms with Gasteiger partial charge in [0.05, 0.1) is 43.6 Å². The Bertz CT molecular complexity index is 1090. The third-order valence-electron chi connectivity index (χ3n) is 6.46. The molecule has 0 aliphatic carbocycles. The molecule has 2 fully saturated rings. The zero-order valence-electron chi connectivity index (χ0n) is 19.4. The van der Waals surface area contributed by atoms with Gasteiger partial charge in [0, 0.05) is 30.7 Å². The number of hydrogen-bond acceptors (Lipinski definition) is 7. The molecule has 2 aromatic rings. The van der Waals surface area contributed by atoms with Crippen molar-refractivity contribution in [2.45, 2.75) is 31.8 Å². The van der Waals surface area contributed by atoms with Crippen molar-refractivity contribution >= 4 is 15.7 Å². The van der Waals surface area contributed by atoms with E-state index < -0.39 is 9.84 Å². The van der Waals surface area contributed by atoms with Gasteiger partial charge in [0.25, 0.3) is 5.91 Å². The SMILES string of the molecule is COc1ccc(-c2cc(C(=O)NCC(C)(C)N3CCOCC3)nn2[C@H]2CCS(=O)(=O)C2)cc1. The fraction of sp³-hybridized carbons (Fsp3) is 0.565. The number of carbonyl (C=O) groups excluding carboxylic acids is 1. The van der Waals surface area contributed by atoms with Crippen molar-refractivity contribution in [3.63, 3.8) is 0 Å². The van der Waals surface area contributed by atoms with E-state index in [1.807, 2.05) is 24.3 Å². The van der Waals surface area contributed by atoms with Crippen LogP contribution in [0.3, 0.4) is 0 Å². The lowest BCUT2D eigenvalue weighted by molar-refractivity contribution is -0.00924. The van der Waals surface area contributed by atoms with Gasteiger partial charge in [-0.05, 0) is 50.6 Å². The van der Waals surface area contributed by atoms with Crippen molar-refractivity contribution in [3.05, 3.63) is 36.0 Å². The molecule has 0 unspecified atom stereocenters. The fourth-order valence-electron chi connectivity index (χ4n) is 4.40. The van der Waals surface area contributed by atoms with Crippen molar-refractivity contribution < 1.29 is 22.7 Å². The molecule has 180 valence electrons. The number of sulfone groups is 1. The molecule has 2 aliphatic heterocycles. The maximum absolute atomic E-state index is 13.0. The molecule has 0 spiro atoms. The van der Waals surface area contributed by atoms with Crippen LogP contribution in [0, 0.1) is 0 Å². The van der Waals surface area contributed by atoms with Gasteiger partial charge in [0.1, 0.15) is 5.75 Å². The van der Waals surface area contributed by atoms with E-state index in [0.29, 0.717) is 26.2 Å². The van der Waals surface area contributed by atoms with Crippen LogP contribution in [0.2, 0.25) is 0 Å². The van der Waals surface area contributed by atoms with E-state index in [0.717, 1.165) is 30.1 Å². The first-order valence-corrected chi connectivity index (χ1v) is 13.1. The summed E-state index contributed by atoms with van der Waals surface area (Å²) in [6.07, 6.45) is 0.484. The minimum absolute atomic E-state index is 0.0307. The summed E-state index contributed by atoms with van der Waals surface area (Å²) >= 11 is 0. The third-order valence-corrected chi connectivity index (χ3v) is 8.21. The summed E-state index contributed by atoms with van der Waals surface area (Å²) in [6, 6.07) is 8.89. The molecule has 0 saturated carbocycles. The molecule has 4 rings (SSSR count). The monoisotopic (exact) mass is 476 g/mol. The van der Waals surface area contributed by atoms with Crippen LogP contribution in [-0.4, -0.2) is 86.0 Å². The average Bonchev–Trinajstić information content (AvgIpc) is 3.41. The van der Waals surface area contributed by atoms with Gasteiger partial charge in [-0.2, -0.15) is 5.10 Å². The van der Waals surface area contributed by atoms with Gasteiger partial charge in [0.15, 0.2) is 15.5 Å². The van der Waals surface area contributed by atoms with E-state index in [9.17, 15) is 13.2 Å². The van der Waals surface area contributed by atoms with Crippen LogP contribution in [0.15, 0.2) is 30.3 Å². The standard InChI is InChI=1S/C23H32N4O5S/c1-23(2,26-9-11-32-12-10-26)16-24-22(28)20-14-21(17-4-6-19(31-3)7-5-17)27(25-20)18-8-13-33(29,30)15-18/h4-7,14,18H,8-13,15-16H2,1-3H3,(H,24,28)/t18-/m0/s1. The highest BCUT2D eigenvalue weighted by Crippen LogP contribution is 2.31. The summed E-state index contributed by atoms with van der Waals surface area (Å²) in [5, 5.41) is 7.58. The Morgan fingerprint density at radius 2 is 1.94 bits per heavy atom. The lowest BCUT2D eigenvalue weighted by Gasteiger charge is -2.40. The van der Waals surface area contributed by atoms with Gasteiger partial charge in [-0.1, -0.05) is 0 Å². The van der Waals surface area contributed by atoms with Gasteiger partial charge >= 0.3 is 0 Å². The Morgan fingerprint density at radius 3 is 2.55 bits per heavy atom. The van der Waals surface area contributed by atoms with Crippen LogP contribution in [0.25, 0.3) is 11.3 Å². The van der Waals surface area contributed by atoms with E-state index in [1.165, 1.54) is 0 Å². The van der Waals surface area contributed by atoms with Gasteiger partial charge in [-0.15, -0.1) is 0 Å². The number of methoxy groups -OCH3 is 1. The number of ether oxygens (including phenoxy) is 2. The first-order chi connectivity index (χ1) is 15.7. The fourth-order valence-corrected chi connectivity index (χ4v) is 6.09. The van der Waals surface area contributed by atoms with Crippen LogP contribution < -0.4 is 10.1 Å². The number of amides is 1. The minimum Gasteiger partial charge on any atom is -0.497 e. The molecule has 10 heteroatoms. The van der Waals surface area contributed by atoms with Gasteiger partial charge < -0.3 is 14.8 Å². The van der Waals surface area contributed by atoms with E-state index >= 15 is 0 Å². The predicted molar refractivity (Wildman–Crippen MR) is 125 cm³/mol. The second-order valence-corrected chi connectivity index (χ2v) is 11.5. The van der Waals surface area contributed by atoms with Crippen LogP contribution in [0.1, 0.15) is 36.8 Å². The summed E-state index contributed by atoms with van der Waals surface area (Å²) in [7, 11) is -1.50. The van der Waals surface area contributed by atoms with Gasteiger partial charge in [-0.25, -0.2) is 8.42 Å². The third kappa shape index (κ3) is 5.39. The molecule has 9 nitrogen and oxygen atoms in total. The van der Waals surface area contributed by atoms with Crippen LogP contribution in [0.4, 0.5) is 0 Å². The topological polar surface area (TPSA) is 103 Å². The number of aromatic nitrogens is 2. The first-order valence-electron chi connectivity index (χ1n) is 11.2. The first kappa shape index (κ1) is 23.7. The highest BCUT2D eigenvalue weighted by atomic mass is 32.2. The number of nitrogens with zero attached hydrogens (tertiary/aromatic N) is 3. The zero-order valence-corrected chi connectivity index (χ0v) is 20.2. The molecule has 3 heterocycles. The zero-order chi connectivity index (χ0) is 23.6. The van der Waals surface area contributed by atoms with Crippen LogP contribution in [0.5, 0.6) is 5.75 Å². The van der Waals surface area contributed by atoms with Gasteiger partial charge in [0.2, 0.25) is 0 Å². The summed E-state index contributed by atoms with van der Waals surface area (Å²) in [6.45, 7) is 7.71. The second-order valence-electron chi connectivity index (χ2n) is 9.24. The molecule has 1 aromatic heterocycles. The maximum atomic E-state index is 13.0. The van der Waals surface area contributed by atoms with E-state index in [-0.39, 0.29) is 34.7 Å². The lowest BCUT2D eigenvalue weighted by Crippen LogP contribution is -2.55. The average molecular weight is 477 g/mol. The Labute approximate surface area is 195 Å². The Kier molecular flexibility index (Phi) is 6.78. The number of benzene rings is 1. The number of morpholine rings is 1. The summed E-state index contributed by atoms with van der Waals surface area (Å²) in [4.78, 5) is 15.4. The smallest absolute Gasteiger partial charge is 0.271 e. The molecular formula is C23H32N4O5S. The summed E-state index contributed by atoms with van der Waals surface area (Å²) in [5.74, 6) is 0.611. The molecule has 1 aromatic carbocycles. The van der Waals surface area contributed by atoms with Crippen LogP contribution in [-0.2, 0) is 14.6 Å². The summed E-state index contributed by atoms with van der Waals surface area (Å²) in [5.41, 5.74) is 1.63. The van der Waals surface area contributed by atoms with Crippen molar-refractivity contribution in [3.8, 4) is 17.0 Å². The Morgan fingerprint density at radius 1 is 1.24 bits per heavy atom. The van der Waals surface area contributed by atoms with Gasteiger partial charge in [-0.3, -0.25) is 14.4 Å².